The van der Waals surface area contributed by atoms with Crippen LogP contribution < -0.4 is 10.6 Å². The third-order valence-electron chi connectivity index (χ3n) is 4.25. The summed E-state index contributed by atoms with van der Waals surface area (Å²) in [6.07, 6.45) is 4.64. The van der Waals surface area contributed by atoms with E-state index in [2.05, 4.69) is 32.9 Å². The topological polar surface area (TPSA) is 75.6 Å². The molecule has 1 aliphatic rings. The van der Waals surface area contributed by atoms with E-state index in [-0.39, 0.29) is 11.9 Å². The number of thiazole rings is 1. The molecule has 1 fully saturated rings. The highest BCUT2D eigenvalue weighted by atomic mass is 32.1. The summed E-state index contributed by atoms with van der Waals surface area (Å²) in [5.74, 6) is 0.801. The minimum atomic E-state index is -0.0475. The number of ether oxygens (including phenoxy) is 1. The highest BCUT2D eigenvalue weighted by Gasteiger charge is 2.27. The van der Waals surface area contributed by atoms with E-state index in [1.165, 1.54) is 0 Å². The van der Waals surface area contributed by atoms with Gasteiger partial charge < -0.3 is 15.4 Å². The van der Waals surface area contributed by atoms with Crippen LogP contribution in [0.2, 0.25) is 0 Å². The van der Waals surface area contributed by atoms with Gasteiger partial charge in [0.2, 0.25) is 0 Å². The van der Waals surface area contributed by atoms with Gasteiger partial charge in [-0.15, -0.1) is 11.3 Å². The van der Waals surface area contributed by atoms with Crippen LogP contribution in [0.1, 0.15) is 50.2 Å². The molecule has 0 radical (unpaired) electrons. The van der Waals surface area contributed by atoms with Gasteiger partial charge in [0, 0.05) is 18.5 Å². The Morgan fingerprint density at radius 3 is 2.71 bits per heavy atom. The Bertz CT molecular complexity index is 551. The Kier molecular flexibility index (Phi) is 7.49. The smallest absolute Gasteiger partial charge is 0.308 e. The summed E-state index contributed by atoms with van der Waals surface area (Å²) in [6, 6.07) is 0.350. The number of aliphatic imine (C=N–C) groups is 1. The summed E-state index contributed by atoms with van der Waals surface area (Å²) < 4.78 is 5.12. The Morgan fingerprint density at radius 1 is 1.38 bits per heavy atom. The number of carbonyl (C=O) groups is 1. The molecule has 0 aliphatic heterocycles. The molecule has 0 unspecified atom stereocenters. The molecule has 0 saturated heterocycles. The number of carbonyl (C=O) groups excluding carboxylic acids is 1. The molecule has 0 amide bonds. The molecule has 1 aromatic rings. The molecular weight excluding hydrogens is 324 g/mol. The lowest BCUT2D eigenvalue weighted by atomic mass is 9.86. The van der Waals surface area contributed by atoms with Gasteiger partial charge in [-0.25, -0.2) is 4.98 Å². The Morgan fingerprint density at radius 2 is 2.12 bits per heavy atom. The van der Waals surface area contributed by atoms with Crippen molar-refractivity contribution in [2.45, 2.75) is 58.5 Å². The second-order valence-corrected chi connectivity index (χ2v) is 6.90. The second kappa shape index (κ2) is 9.61. The first kappa shape index (κ1) is 18.7. The van der Waals surface area contributed by atoms with Crippen LogP contribution in [-0.4, -0.2) is 36.6 Å². The van der Waals surface area contributed by atoms with Crippen LogP contribution in [0.25, 0.3) is 0 Å². The molecule has 2 N–H and O–H groups in total. The molecule has 0 spiro atoms. The summed E-state index contributed by atoms with van der Waals surface area (Å²) in [7, 11) is 1.78. The normalized spacial score (nSPS) is 21.4. The molecule has 0 aromatic carbocycles. The van der Waals surface area contributed by atoms with E-state index in [1.54, 1.807) is 18.4 Å². The van der Waals surface area contributed by atoms with Crippen molar-refractivity contribution in [1.82, 2.24) is 15.6 Å². The van der Waals surface area contributed by atoms with Gasteiger partial charge in [0.1, 0.15) is 0 Å². The average Bonchev–Trinajstić information content (AvgIpc) is 3.07. The van der Waals surface area contributed by atoms with E-state index in [9.17, 15) is 4.79 Å². The van der Waals surface area contributed by atoms with Crippen LogP contribution in [-0.2, 0) is 22.5 Å². The first-order valence-electron chi connectivity index (χ1n) is 8.73. The molecule has 0 bridgehead atoms. The van der Waals surface area contributed by atoms with Gasteiger partial charge in [-0.3, -0.25) is 9.79 Å². The van der Waals surface area contributed by atoms with Gasteiger partial charge in [-0.05, 0) is 39.0 Å². The molecular formula is C17H28N4O2S. The lowest BCUT2D eigenvalue weighted by Crippen LogP contribution is -2.45. The average molecular weight is 353 g/mol. The number of hydrogen-bond acceptors (Lipinski definition) is 5. The first-order chi connectivity index (χ1) is 11.7. The zero-order valence-electron chi connectivity index (χ0n) is 14.8. The zero-order valence-corrected chi connectivity index (χ0v) is 15.6. The van der Waals surface area contributed by atoms with E-state index >= 15 is 0 Å². The maximum Gasteiger partial charge on any atom is 0.308 e. The third kappa shape index (κ3) is 5.47. The van der Waals surface area contributed by atoms with Gasteiger partial charge >= 0.3 is 5.97 Å². The summed E-state index contributed by atoms with van der Waals surface area (Å²) in [6.45, 7) is 5.11. The van der Waals surface area contributed by atoms with E-state index in [1.807, 2.05) is 6.92 Å². The fourth-order valence-electron chi connectivity index (χ4n) is 2.89. The summed E-state index contributed by atoms with van der Waals surface area (Å²) >= 11 is 1.70. The van der Waals surface area contributed by atoms with Crippen LogP contribution in [0.4, 0.5) is 0 Å². The van der Waals surface area contributed by atoms with Crippen molar-refractivity contribution < 1.29 is 9.53 Å². The predicted octanol–water partition coefficient (Wildman–Crippen LogP) is 2.49. The number of aryl methyl sites for hydroxylation is 1. The summed E-state index contributed by atoms with van der Waals surface area (Å²) in [5, 5.41) is 10.0. The minimum absolute atomic E-state index is 0.0475. The van der Waals surface area contributed by atoms with Gasteiger partial charge in [-0.1, -0.05) is 6.92 Å². The Balaban J connectivity index is 1.74. The highest BCUT2D eigenvalue weighted by molar-refractivity contribution is 7.09. The van der Waals surface area contributed by atoms with Gasteiger partial charge in [0.05, 0.1) is 29.8 Å². The van der Waals surface area contributed by atoms with E-state index in [0.29, 0.717) is 19.2 Å². The molecule has 6 nitrogen and oxygen atoms in total. The van der Waals surface area contributed by atoms with Gasteiger partial charge in [0.15, 0.2) is 5.96 Å². The molecule has 2 rings (SSSR count). The van der Waals surface area contributed by atoms with Crippen molar-refractivity contribution in [2.24, 2.45) is 10.9 Å². The zero-order chi connectivity index (χ0) is 17.4. The molecule has 1 heterocycles. The molecule has 1 saturated carbocycles. The predicted molar refractivity (Wildman–Crippen MR) is 97.2 cm³/mol. The van der Waals surface area contributed by atoms with Crippen molar-refractivity contribution in [1.29, 1.82) is 0 Å². The Hall–Kier alpha value is -1.63. The van der Waals surface area contributed by atoms with Crippen molar-refractivity contribution >= 4 is 23.3 Å². The molecule has 134 valence electrons. The van der Waals surface area contributed by atoms with Crippen LogP contribution in [0.3, 0.4) is 0 Å². The third-order valence-corrected chi connectivity index (χ3v) is 5.29. The minimum Gasteiger partial charge on any atom is -0.466 e. The number of hydrogen-bond donors (Lipinski definition) is 2. The number of rotatable bonds is 6. The largest absolute Gasteiger partial charge is 0.466 e. The van der Waals surface area contributed by atoms with Crippen molar-refractivity contribution in [3.05, 3.63) is 16.1 Å². The quantitative estimate of drug-likeness (QED) is 0.467. The fourth-order valence-corrected chi connectivity index (χ4v) is 3.63. The highest BCUT2D eigenvalue weighted by Crippen LogP contribution is 2.25. The van der Waals surface area contributed by atoms with Crippen LogP contribution in [0, 0.1) is 5.92 Å². The molecule has 24 heavy (non-hydrogen) atoms. The van der Waals surface area contributed by atoms with Gasteiger partial charge in [-0.2, -0.15) is 0 Å². The number of aromatic nitrogens is 1. The second-order valence-electron chi connectivity index (χ2n) is 5.96. The maximum atomic E-state index is 11.8. The van der Waals surface area contributed by atoms with Crippen molar-refractivity contribution in [2.75, 3.05) is 13.7 Å². The molecule has 1 aromatic heterocycles. The van der Waals surface area contributed by atoms with Gasteiger partial charge in [0.25, 0.3) is 0 Å². The monoisotopic (exact) mass is 352 g/mol. The standard InChI is InChI=1S/C17H28N4O2S/c1-4-15-20-14(11-24-15)10-19-17(18-3)21-13-8-6-12(7-9-13)16(22)23-5-2/h11-13H,4-10H2,1-3H3,(H2,18,19,21). The van der Waals surface area contributed by atoms with Crippen molar-refractivity contribution in [3.63, 3.8) is 0 Å². The summed E-state index contributed by atoms with van der Waals surface area (Å²) in [5.41, 5.74) is 1.05. The van der Waals surface area contributed by atoms with Crippen LogP contribution in [0.15, 0.2) is 10.4 Å². The molecule has 7 heteroatoms. The lowest BCUT2D eigenvalue weighted by Gasteiger charge is -2.29. The lowest BCUT2D eigenvalue weighted by molar-refractivity contribution is -0.149. The first-order valence-corrected chi connectivity index (χ1v) is 9.61. The fraction of sp³-hybridized carbons (Fsp3) is 0.706. The SMILES string of the molecule is CCOC(=O)C1CCC(NC(=NC)NCc2csc(CC)n2)CC1. The van der Waals surface area contributed by atoms with E-state index in [4.69, 9.17) is 4.74 Å². The number of nitrogens with one attached hydrogen (secondary N) is 2. The van der Waals surface area contributed by atoms with E-state index < -0.39 is 0 Å². The maximum absolute atomic E-state index is 11.8. The summed E-state index contributed by atoms with van der Waals surface area (Å²) in [4.78, 5) is 20.6. The van der Waals surface area contributed by atoms with Crippen LogP contribution >= 0.6 is 11.3 Å². The molecule has 1 aliphatic carbocycles. The van der Waals surface area contributed by atoms with E-state index in [0.717, 1.165) is 48.8 Å². The number of nitrogens with zero attached hydrogens (tertiary/aromatic N) is 2. The Labute approximate surface area is 148 Å². The van der Waals surface area contributed by atoms with Crippen molar-refractivity contribution in [3.8, 4) is 0 Å². The molecule has 0 atom stereocenters. The number of esters is 1. The number of guanidine groups is 1. The van der Waals surface area contributed by atoms with Crippen LogP contribution in [0.5, 0.6) is 0 Å².